The van der Waals surface area contributed by atoms with E-state index in [1.807, 2.05) is 13.8 Å². The Bertz CT molecular complexity index is 116. The van der Waals surface area contributed by atoms with Gasteiger partial charge in [0.05, 0.1) is 12.2 Å². The average molecular weight is 174 g/mol. The molecule has 0 atom stereocenters. The van der Waals surface area contributed by atoms with Crippen molar-refractivity contribution >= 4 is 0 Å². The molecule has 74 valence electrons. The van der Waals surface area contributed by atoms with E-state index in [-0.39, 0.29) is 11.0 Å². The SMILES string of the molecule is CC(C)(CN)COC(C)(C)CN. The number of ether oxygens (including phenoxy) is 1. The van der Waals surface area contributed by atoms with Gasteiger partial charge in [0.2, 0.25) is 0 Å². The first-order valence-electron chi connectivity index (χ1n) is 4.37. The summed E-state index contributed by atoms with van der Waals surface area (Å²) in [6, 6.07) is 0. The van der Waals surface area contributed by atoms with Gasteiger partial charge in [-0.05, 0) is 20.4 Å². The molecule has 0 rings (SSSR count). The van der Waals surface area contributed by atoms with Gasteiger partial charge >= 0.3 is 0 Å². The van der Waals surface area contributed by atoms with Gasteiger partial charge in [-0.2, -0.15) is 0 Å². The molecule has 0 saturated heterocycles. The van der Waals surface area contributed by atoms with Crippen molar-refractivity contribution in [3.05, 3.63) is 0 Å². The molecule has 0 aliphatic rings. The van der Waals surface area contributed by atoms with Crippen LogP contribution in [0.1, 0.15) is 27.7 Å². The van der Waals surface area contributed by atoms with Gasteiger partial charge in [0.1, 0.15) is 0 Å². The van der Waals surface area contributed by atoms with E-state index in [9.17, 15) is 0 Å². The van der Waals surface area contributed by atoms with Gasteiger partial charge in [-0.1, -0.05) is 13.8 Å². The zero-order valence-corrected chi connectivity index (χ0v) is 8.68. The van der Waals surface area contributed by atoms with Gasteiger partial charge in [0.15, 0.2) is 0 Å². The van der Waals surface area contributed by atoms with Gasteiger partial charge in [-0.25, -0.2) is 0 Å². The maximum atomic E-state index is 5.63. The highest BCUT2D eigenvalue weighted by Crippen LogP contribution is 2.17. The van der Waals surface area contributed by atoms with Crippen LogP contribution in [0, 0.1) is 5.41 Å². The molecule has 0 amide bonds. The molecule has 0 aromatic heterocycles. The van der Waals surface area contributed by atoms with E-state index in [1.165, 1.54) is 0 Å². The van der Waals surface area contributed by atoms with Gasteiger partial charge in [0.25, 0.3) is 0 Å². The van der Waals surface area contributed by atoms with Crippen LogP contribution in [0.4, 0.5) is 0 Å². The minimum Gasteiger partial charge on any atom is -0.374 e. The van der Waals surface area contributed by atoms with Gasteiger partial charge in [-0.3, -0.25) is 0 Å². The number of hydrogen-bond donors (Lipinski definition) is 2. The lowest BCUT2D eigenvalue weighted by Crippen LogP contribution is -2.39. The molecule has 0 fully saturated rings. The average Bonchev–Trinajstić information content (AvgIpc) is 2.02. The van der Waals surface area contributed by atoms with Gasteiger partial charge in [0, 0.05) is 12.0 Å². The molecular weight excluding hydrogens is 152 g/mol. The van der Waals surface area contributed by atoms with Crippen LogP contribution in [0.5, 0.6) is 0 Å². The summed E-state index contributed by atoms with van der Waals surface area (Å²) in [7, 11) is 0. The summed E-state index contributed by atoms with van der Waals surface area (Å²) in [5, 5.41) is 0. The van der Waals surface area contributed by atoms with E-state index >= 15 is 0 Å². The normalized spacial score (nSPS) is 13.5. The van der Waals surface area contributed by atoms with Crippen molar-refractivity contribution < 1.29 is 4.74 Å². The Kier molecular flexibility index (Phi) is 4.17. The maximum Gasteiger partial charge on any atom is 0.0748 e. The second-order valence-corrected chi connectivity index (χ2v) is 4.62. The predicted molar refractivity (Wildman–Crippen MR) is 51.9 cm³/mol. The first-order valence-corrected chi connectivity index (χ1v) is 4.37. The minimum atomic E-state index is -0.230. The summed E-state index contributed by atoms with van der Waals surface area (Å²) >= 11 is 0. The van der Waals surface area contributed by atoms with Crippen LogP contribution in [-0.2, 0) is 4.74 Å². The number of hydrogen-bond acceptors (Lipinski definition) is 3. The van der Waals surface area contributed by atoms with Crippen LogP contribution in [-0.4, -0.2) is 25.3 Å². The van der Waals surface area contributed by atoms with E-state index in [4.69, 9.17) is 16.2 Å². The molecule has 0 bridgehead atoms. The van der Waals surface area contributed by atoms with E-state index in [2.05, 4.69) is 13.8 Å². The van der Waals surface area contributed by atoms with Crippen molar-refractivity contribution in [3.8, 4) is 0 Å². The third kappa shape index (κ3) is 4.70. The highest BCUT2D eigenvalue weighted by molar-refractivity contribution is 4.74. The third-order valence-corrected chi connectivity index (χ3v) is 1.90. The highest BCUT2D eigenvalue weighted by Gasteiger charge is 2.22. The fraction of sp³-hybridized carbons (Fsp3) is 1.00. The highest BCUT2D eigenvalue weighted by atomic mass is 16.5. The zero-order valence-electron chi connectivity index (χ0n) is 8.68. The lowest BCUT2D eigenvalue weighted by molar-refractivity contribution is -0.0463. The van der Waals surface area contributed by atoms with Crippen molar-refractivity contribution in [3.63, 3.8) is 0 Å². The Morgan fingerprint density at radius 3 is 1.83 bits per heavy atom. The molecule has 0 aliphatic carbocycles. The molecule has 0 aromatic carbocycles. The van der Waals surface area contributed by atoms with Crippen molar-refractivity contribution in [1.29, 1.82) is 0 Å². The minimum absolute atomic E-state index is 0.0481. The molecule has 0 aliphatic heterocycles. The molecule has 0 radical (unpaired) electrons. The Hall–Kier alpha value is -0.120. The molecule has 0 saturated carbocycles. The molecule has 0 spiro atoms. The lowest BCUT2D eigenvalue weighted by atomic mass is 9.95. The van der Waals surface area contributed by atoms with E-state index in [0.29, 0.717) is 19.7 Å². The fourth-order valence-corrected chi connectivity index (χ4v) is 0.509. The second kappa shape index (κ2) is 4.21. The quantitative estimate of drug-likeness (QED) is 0.646. The fourth-order valence-electron chi connectivity index (χ4n) is 0.509. The molecular formula is C9H22N2O. The van der Waals surface area contributed by atoms with Gasteiger partial charge < -0.3 is 16.2 Å². The van der Waals surface area contributed by atoms with Crippen LogP contribution < -0.4 is 11.5 Å². The first kappa shape index (κ1) is 11.9. The Morgan fingerprint density at radius 2 is 1.50 bits per heavy atom. The third-order valence-electron chi connectivity index (χ3n) is 1.90. The second-order valence-electron chi connectivity index (χ2n) is 4.62. The van der Waals surface area contributed by atoms with E-state index < -0.39 is 0 Å². The zero-order chi connectivity index (χ0) is 9.83. The van der Waals surface area contributed by atoms with Crippen LogP contribution in [0.3, 0.4) is 0 Å². The monoisotopic (exact) mass is 174 g/mol. The summed E-state index contributed by atoms with van der Waals surface area (Å²) in [4.78, 5) is 0. The molecule has 0 aromatic rings. The Labute approximate surface area is 75.5 Å². The predicted octanol–water partition coefficient (Wildman–Crippen LogP) is 0.725. The standard InChI is InChI=1S/C9H22N2O/c1-8(2,5-10)7-12-9(3,4)6-11/h5-7,10-11H2,1-4H3. The molecule has 3 heteroatoms. The van der Waals surface area contributed by atoms with Crippen LogP contribution in [0.2, 0.25) is 0 Å². The van der Waals surface area contributed by atoms with Crippen molar-refractivity contribution in [2.45, 2.75) is 33.3 Å². The molecule has 4 N–H and O–H groups in total. The first-order chi connectivity index (χ1) is 5.33. The van der Waals surface area contributed by atoms with E-state index in [1.54, 1.807) is 0 Å². The van der Waals surface area contributed by atoms with Crippen molar-refractivity contribution in [1.82, 2.24) is 0 Å². The molecule has 0 unspecified atom stereocenters. The number of nitrogens with two attached hydrogens (primary N) is 2. The molecule has 12 heavy (non-hydrogen) atoms. The molecule has 0 heterocycles. The lowest BCUT2D eigenvalue weighted by Gasteiger charge is -2.30. The smallest absolute Gasteiger partial charge is 0.0748 e. The van der Waals surface area contributed by atoms with E-state index in [0.717, 1.165) is 0 Å². The summed E-state index contributed by atoms with van der Waals surface area (Å²) in [5.74, 6) is 0. The van der Waals surface area contributed by atoms with Crippen molar-refractivity contribution in [2.24, 2.45) is 16.9 Å². The topological polar surface area (TPSA) is 61.3 Å². The maximum absolute atomic E-state index is 5.63. The summed E-state index contributed by atoms with van der Waals surface area (Å²) in [6.07, 6.45) is 0. The van der Waals surface area contributed by atoms with Crippen LogP contribution >= 0.6 is 0 Å². The summed E-state index contributed by atoms with van der Waals surface area (Å²) in [5.41, 5.74) is 10.9. The molecule has 3 nitrogen and oxygen atoms in total. The van der Waals surface area contributed by atoms with Crippen LogP contribution in [0.25, 0.3) is 0 Å². The largest absolute Gasteiger partial charge is 0.374 e. The number of rotatable bonds is 5. The summed E-state index contributed by atoms with van der Waals surface area (Å²) < 4.78 is 5.63. The van der Waals surface area contributed by atoms with Crippen molar-refractivity contribution in [2.75, 3.05) is 19.7 Å². The van der Waals surface area contributed by atoms with Gasteiger partial charge in [-0.15, -0.1) is 0 Å². The van der Waals surface area contributed by atoms with Crippen LogP contribution in [0.15, 0.2) is 0 Å². The Balaban J connectivity index is 3.82. The summed E-state index contributed by atoms with van der Waals surface area (Å²) in [6.45, 7) is 9.97. The Morgan fingerprint density at radius 1 is 1.00 bits per heavy atom.